The van der Waals surface area contributed by atoms with E-state index in [-0.39, 0.29) is 29.6 Å². The number of pyridine rings is 1. The maximum atomic E-state index is 13.2. The average molecular weight is 530 g/mol. The van der Waals surface area contributed by atoms with E-state index in [1.165, 1.54) is 12.3 Å². The minimum Gasteiger partial charge on any atom is -0.431 e. The Labute approximate surface area is 220 Å². The number of rotatable bonds is 7. The van der Waals surface area contributed by atoms with Crippen molar-refractivity contribution < 1.29 is 23.0 Å². The Morgan fingerprint density at radius 3 is 2.47 bits per heavy atom. The van der Waals surface area contributed by atoms with Gasteiger partial charge in [0.2, 0.25) is 5.95 Å². The topological polar surface area (TPSA) is 110 Å². The second kappa shape index (κ2) is 9.18. The Morgan fingerprint density at radius 2 is 1.84 bits per heavy atom. The van der Waals surface area contributed by atoms with Crippen LogP contribution in [0.1, 0.15) is 39.5 Å². The second-order valence-electron chi connectivity index (χ2n) is 11.3. The highest BCUT2D eigenvalue weighted by atomic mass is 19.3. The van der Waals surface area contributed by atoms with Crippen LogP contribution in [0.4, 0.5) is 26.4 Å². The number of carbonyl (C=O) groups is 1. The summed E-state index contributed by atoms with van der Waals surface area (Å²) in [5, 5.41) is 0. The van der Waals surface area contributed by atoms with Crippen molar-refractivity contribution in [2.24, 2.45) is 5.92 Å². The molecule has 12 heteroatoms. The van der Waals surface area contributed by atoms with E-state index in [1.54, 1.807) is 21.0 Å². The van der Waals surface area contributed by atoms with Gasteiger partial charge in [0.1, 0.15) is 11.4 Å². The fraction of sp³-hybridized carbons (Fsp3) is 0.615. The van der Waals surface area contributed by atoms with Crippen LogP contribution in [0, 0.1) is 5.92 Å². The van der Waals surface area contributed by atoms with E-state index in [0.29, 0.717) is 42.3 Å². The van der Waals surface area contributed by atoms with E-state index >= 15 is 0 Å². The summed E-state index contributed by atoms with van der Waals surface area (Å²) >= 11 is 0. The molecule has 4 bridgehead atoms. The first-order chi connectivity index (χ1) is 18.1. The van der Waals surface area contributed by atoms with Crippen molar-refractivity contribution in [3.8, 4) is 17.0 Å². The summed E-state index contributed by atoms with van der Waals surface area (Å²) in [6.07, 6.45) is 5.66. The molecule has 2 atom stereocenters. The molecule has 6 fully saturated rings. The van der Waals surface area contributed by atoms with E-state index in [2.05, 4.69) is 19.5 Å². The zero-order valence-corrected chi connectivity index (χ0v) is 21.8. The molecule has 6 aliphatic rings. The van der Waals surface area contributed by atoms with Gasteiger partial charge in [0.05, 0.1) is 5.69 Å². The summed E-state index contributed by atoms with van der Waals surface area (Å²) in [4.78, 5) is 33.6. The second-order valence-corrected chi connectivity index (χ2v) is 11.3. The molecule has 2 N–H and O–H groups in total. The molecule has 0 aromatic carbocycles. The molecule has 38 heavy (non-hydrogen) atoms. The lowest BCUT2D eigenvalue weighted by Crippen LogP contribution is -2.66. The highest BCUT2D eigenvalue weighted by Crippen LogP contribution is 2.43. The molecule has 10 nitrogen and oxygen atoms in total. The number of methoxy groups -OCH3 is 1. The van der Waals surface area contributed by atoms with Crippen LogP contribution in [0.3, 0.4) is 0 Å². The highest BCUT2D eigenvalue weighted by molar-refractivity contribution is 5.85. The fourth-order valence-corrected chi connectivity index (χ4v) is 6.20. The lowest BCUT2D eigenvalue weighted by Gasteiger charge is -2.53. The monoisotopic (exact) mass is 529 g/mol. The number of nitrogens with zero attached hydrogens (tertiary/aromatic N) is 6. The van der Waals surface area contributed by atoms with Crippen LogP contribution in [0.5, 0.6) is 5.75 Å². The summed E-state index contributed by atoms with van der Waals surface area (Å²) < 4.78 is 35.9. The number of alkyl halides is 2. The molecule has 0 spiro atoms. The largest absolute Gasteiger partial charge is 0.431 e. The molecule has 2 aromatic heterocycles. The number of hydrogen-bond donors (Lipinski definition) is 1. The molecule has 7 heterocycles. The summed E-state index contributed by atoms with van der Waals surface area (Å²) in [5.74, 6) is 1.75. The van der Waals surface area contributed by atoms with E-state index in [0.717, 1.165) is 38.0 Å². The number of anilines is 3. The fourth-order valence-electron chi connectivity index (χ4n) is 6.20. The molecule has 0 radical (unpaired) electrons. The van der Waals surface area contributed by atoms with Crippen LogP contribution in [-0.2, 0) is 9.53 Å². The molecular weight excluding hydrogens is 496 g/mol. The number of carbonyl (C=O) groups excluding carboxylic acids is 1. The van der Waals surface area contributed by atoms with Crippen molar-refractivity contribution in [2.45, 2.75) is 69.9 Å². The van der Waals surface area contributed by atoms with E-state index in [9.17, 15) is 13.6 Å². The summed E-state index contributed by atoms with van der Waals surface area (Å²) in [6.45, 7) is 2.74. The van der Waals surface area contributed by atoms with Gasteiger partial charge in [-0.3, -0.25) is 4.79 Å². The predicted octanol–water partition coefficient (Wildman–Crippen LogP) is 2.93. The molecule has 1 amide bonds. The van der Waals surface area contributed by atoms with Gasteiger partial charge in [0, 0.05) is 62.7 Å². The number of hydrogen-bond acceptors (Lipinski definition) is 9. The van der Waals surface area contributed by atoms with Crippen LogP contribution in [0.2, 0.25) is 0 Å². The van der Waals surface area contributed by atoms with Gasteiger partial charge in [-0.1, -0.05) is 0 Å². The standard InChI is InChI=1S/C26H33F2N7O3/c1-26(2,37-3)23(36)34-13-16-4-5-17(34)12-33(16)21-9-19(15-8-20(38-24(27)28)22(29)30-10-15)31-25(32-21)35-11-14-6-18(35)7-14/h8-10,14,16-18,24H,4-7,11-13H2,1-3H3,(H2,29,30)/t14?,16-,17-,18?/m0/s1. The zero-order valence-electron chi connectivity index (χ0n) is 21.8. The van der Waals surface area contributed by atoms with Crippen molar-refractivity contribution in [3.05, 3.63) is 18.3 Å². The summed E-state index contributed by atoms with van der Waals surface area (Å²) in [7, 11) is 1.56. The average Bonchev–Trinajstić information content (AvgIpc) is 3.51. The lowest BCUT2D eigenvalue weighted by atomic mass is 9.86. The van der Waals surface area contributed by atoms with Gasteiger partial charge in [-0.2, -0.15) is 13.8 Å². The number of aromatic nitrogens is 3. The molecule has 5 saturated heterocycles. The van der Waals surface area contributed by atoms with Gasteiger partial charge in [-0.15, -0.1) is 0 Å². The van der Waals surface area contributed by atoms with Gasteiger partial charge in [-0.05, 0) is 51.5 Å². The SMILES string of the molecule is COC(C)(C)C(=O)N1C[C@@H]2CC[C@H]1CN2c1cc(-c2cnc(N)c(OC(F)F)c2)nc(N2CC3CC2C3)n1. The van der Waals surface area contributed by atoms with E-state index in [1.807, 2.05) is 11.0 Å². The van der Waals surface area contributed by atoms with Crippen molar-refractivity contribution in [3.63, 3.8) is 0 Å². The van der Waals surface area contributed by atoms with Crippen molar-refractivity contribution in [2.75, 3.05) is 42.3 Å². The molecule has 1 saturated carbocycles. The van der Waals surface area contributed by atoms with Crippen LogP contribution in [0.15, 0.2) is 18.3 Å². The van der Waals surface area contributed by atoms with Crippen molar-refractivity contribution in [1.82, 2.24) is 19.9 Å². The van der Waals surface area contributed by atoms with Crippen LogP contribution in [-0.4, -0.2) is 82.8 Å². The molecular formula is C26H33F2N7O3. The number of piperidine rings is 2. The Balaban J connectivity index is 1.34. The highest BCUT2D eigenvalue weighted by Gasteiger charge is 2.47. The first-order valence-electron chi connectivity index (χ1n) is 13.1. The van der Waals surface area contributed by atoms with Gasteiger partial charge in [0.25, 0.3) is 5.91 Å². The van der Waals surface area contributed by atoms with E-state index < -0.39 is 12.2 Å². The van der Waals surface area contributed by atoms with Crippen molar-refractivity contribution in [1.29, 1.82) is 0 Å². The molecule has 2 aromatic rings. The Hall–Kier alpha value is -3.28. The Bertz CT molecular complexity index is 1240. The number of fused-ring (bicyclic) bond motifs is 4. The summed E-state index contributed by atoms with van der Waals surface area (Å²) in [6, 6.07) is 3.89. The summed E-state index contributed by atoms with van der Waals surface area (Å²) in [5.41, 5.74) is 5.98. The lowest BCUT2D eigenvalue weighted by molar-refractivity contribution is -0.156. The van der Waals surface area contributed by atoms with Gasteiger partial charge in [0.15, 0.2) is 11.6 Å². The first kappa shape index (κ1) is 25.0. The van der Waals surface area contributed by atoms with Crippen molar-refractivity contribution >= 4 is 23.5 Å². The minimum atomic E-state index is -3.01. The number of ether oxygens (including phenoxy) is 2. The predicted molar refractivity (Wildman–Crippen MR) is 137 cm³/mol. The molecule has 0 unspecified atom stereocenters. The molecule has 8 rings (SSSR count). The molecule has 5 aliphatic heterocycles. The minimum absolute atomic E-state index is 0.00485. The van der Waals surface area contributed by atoms with Gasteiger partial charge >= 0.3 is 6.61 Å². The Kier molecular flexibility index (Phi) is 6.04. The molecule has 204 valence electrons. The van der Waals surface area contributed by atoms with Gasteiger partial charge in [-0.25, -0.2) is 9.97 Å². The molecule has 1 aliphatic carbocycles. The zero-order chi connectivity index (χ0) is 26.8. The third-order valence-corrected chi connectivity index (χ3v) is 8.57. The normalized spacial score (nSPS) is 26.2. The Morgan fingerprint density at radius 1 is 1.08 bits per heavy atom. The number of nitrogen functional groups attached to an aromatic ring is 1. The number of halogens is 2. The number of nitrogens with two attached hydrogens (primary N) is 1. The quantitative estimate of drug-likeness (QED) is 0.579. The third kappa shape index (κ3) is 4.28. The van der Waals surface area contributed by atoms with Gasteiger partial charge < -0.3 is 29.9 Å². The smallest absolute Gasteiger partial charge is 0.387 e. The first-order valence-corrected chi connectivity index (χ1v) is 13.1. The van der Waals surface area contributed by atoms with Crippen LogP contribution in [0.25, 0.3) is 11.3 Å². The van der Waals surface area contributed by atoms with Crippen LogP contribution < -0.4 is 20.3 Å². The number of piperazine rings is 1. The van der Waals surface area contributed by atoms with E-state index in [4.69, 9.17) is 20.4 Å². The van der Waals surface area contributed by atoms with Crippen LogP contribution >= 0.6 is 0 Å². The maximum Gasteiger partial charge on any atom is 0.387 e. The number of amides is 1. The third-order valence-electron chi connectivity index (χ3n) is 8.57. The maximum absolute atomic E-state index is 13.2.